The molecule has 60 valence electrons. The van der Waals surface area contributed by atoms with Gasteiger partial charge in [0, 0.05) is 11.8 Å². The van der Waals surface area contributed by atoms with E-state index < -0.39 is 0 Å². The van der Waals surface area contributed by atoms with Crippen LogP contribution in [0.4, 0.5) is 5.82 Å². The predicted molar refractivity (Wildman–Crippen MR) is 48.5 cm³/mol. The van der Waals surface area contributed by atoms with E-state index in [0.29, 0.717) is 0 Å². The minimum atomic E-state index is 0.779. The summed E-state index contributed by atoms with van der Waals surface area (Å²) in [5, 5.41) is 0. The molecule has 0 spiro atoms. The van der Waals surface area contributed by atoms with Crippen LogP contribution in [0.5, 0.6) is 0 Å². The van der Waals surface area contributed by atoms with Crippen molar-refractivity contribution < 1.29 is 0 Å². The number of hydrogen-bond acceptors (Lipinski definition) is 1. The Morgan fingerprint density at radius 3 is 2.18 bits per heavy atom. The lowest BCUT2D eigenvalue weighted by molar-refractivity contribution is 0.472. The molecule has 2 nitrogen and oxygen atoms in total. The van der Waals surface area contributed by atoms with Gasteiger partial charge in [-0.25, -0.2) is 4.98 Å². The van der Waals surface area contributed by atoms with Gasteiger partial charge in [0.05, 0.1) is 21.1 Å². The van der Waals surface area contributed by atoms with Crippen molar-refractivity contribution in [3.05, 3.63) is 23.9 Å². The van der Waals surface area contributed by atoms with Gasteiger partial charge in [0.2, 0.25) is 5.82 Å². The molecule has 0 radical (unpaired) electrons. The van der Waals surface area contributed by atoms with Gasteiger partial charge in [-0.3, -0.25) is 4.48 Å². The van der Waals surface area contributed by atoms with Gasteiger partial charge in [0.15, 0.2) is 0 Å². The summed E-state index contributed by atoms with van der Waals surface area (Å²) in [6.07, 6.45) is 0. The average Bonchev–Trinajstić information content (AvgIpc) is 1.86. The Bertz CT molecular complexity index is 248. The van der Waals surface area contributed by atoms with Crippen LogP contribution in [0.3, 0.4) is 0 Å². The lowest BCUT2D eigenvalue weighted by Crippen LogP contribution is -2.35. The van der Waals surface area contributed by atoms with Crippen LogP contribution in [0.2, 0.25) is 0 Å². The van der Waals surface area contributed by atoms with Gasteiger partial charge in [-0.05, 0) is 13.0 Å². The second-order valence-electron chi connectivity index (χ2n) is 3.65. The number of quaternary nitrogens is 1. The highest BCUT2D eigenvalue weighted by Gasteiger charge is 2.12. The first-order valence-electron chi connectivity index (χ1n) is 3.76. The fourth-order valence-electron chi connectivity index (χ4n) is 0.902. The van der Waals surface area contributed by atoms with E-state index in [2.05, 4.69) is 26.1 Å². The van der Waals surface area contributed by atoms with Crippen molar-refractivity contribution in [1.29, 1.82) is 0 Å². The maximum Gasteiger partial charge on any atom is 0.227 e. The molecule has 0 amide bonds. The highest BCUT2D eigenvalue weighted by molar-refractivity contribution is 5.32. The monoisotopic (exact) mass is 151 g/mol. The van der Waals surface area contributed by atoms with Crippen LogP contribution in [-0.2, 0) is 0 Å². The lowest BCUT2D eigenvalue weighted by Gasteiger charge is -2.21. The fraction of sp³-hybridized carbons (Fsp3) is 0.444. The number of nitrogens with zero attached hydrogens (tertiary/aromatic N) is 2. The lowest BCUT2D eigenvalue weighted by atomic mass is 10.3. The molecule has 0 unspecified atom stereocenters. The number of rotatable bonds is 1. The summed E-state index contributed by atoms with van der Waals surface area (Å²) in [6, 6.07) is 6.10. The molecular weight excluding hydrogens is 136 g/mol. The molecule has 0 saturated carbocycles. The third kappa shape index (κ3) is 2.02. The molecule has 0 aliphatic carbocycles. The molecule has 0 fully saturated rings. The van der Waals surface area contributed by atoms with E-state index in [1.807, 2.05) is 25.1 Å². The molecule has 0 bridgehead atoms. The maximum atomic E-state index is 4.42. The van der Waals surface area contributed by atoms with E-state index in [-0.39, 0.29) is 0 Å². The van der Waals surface area contributed by atoms with Gasteiger partial charge < -0.3 is 0 Å². The molecule has 2 heteroatoms. The molecule has 0 atom stereocenters. The Morgan fingerprint density at radius 1 is 1.18 bits per heavy atom. The van der Waals surface area contributed by atoms with E-state index in [4.69, 9.17) is 0 Å². The molecule has 1 rings (SSSR count). The molecule has 0 aromatic carbocycles. The molecular formula is C9H15N2+. The number of aryl methyl sites for hydroxylation is 1. The Labute approximate surface area is 68.1 Å². The van der Waals surface area contributed by atoms with Gasteiger partial charge in [0.25, 0.3) is 0 Å². The predicted octanol–water partition coefficient (Wildman–Crippen LogP) is 1.59. The second-order valence-corrected chi connectivity index (χ2v) is 3.65. The number of hydrogen-bond donors (Lipinski definition) is 0. The summed E-state index contributed by atoms with van der Waals surface area (Å²) >= 11 is 0. The summed E-state index contributed by atoms with van der Waals surface area (Å²) < 4.78 is 0.779. The Kier molecular flexibility index (Phi) is 1.96. The summed E-state index contributed by atoms with van der Waals surface area (Å²) in [5.74, 6) is 1.10. The molecule has 0 aliphatic rings. The first-order valence-corrected chi connectivity index (χ1v) is 3.76. The average molecular weight is 151 g/mol. The summed E-state index contributed by atoms with van der Waals surface area (Å²) in [7, 11) is 6.34. The van der Waals surface area contributed by atoms with Gasteiger partial charge in [-0.1, -0.05) is 6.07 Å². The van der Waals surface area contributed by atoms with Gasteiger partial charge >= 0.3 is 0 Å². The highest BCUT2D eigenvalue weighted by atomic mass is 15.3. The van der Waals surface area contributed by atoms with E-state index >= 15 is 0 Å². The van der Waals surface area contributed by atoms with Crippen molar-refractivity contribution >= 4 is 5.82 Å². The zero-order valence-corrected chi connectivity index (χ0v) is 7.63. The molecule has 0 aliphatic heterocycles. The molecule has 11 heavy (non-hydrogen) atoms. The van der Waals surface area contributed by atoms with Gasteiger partial charge in [-0.2, -0.15) is 0 Å². The van der Waals surface area contributed by atoms with Crippen LogP contribution >= 0.6 is 0 Å². The molecule has 0 N–H and O–H groups in total. The van der Waals surface area contributed by atoms with Gasteiger partial charge in [0.1, 0.15) is 0 Å². The summed E-state index contributed by atoms with van der Waals surface area (Å²) in [6.45, 7) is 2.01. The van der Waals surface area contributed by atoms with E-state index in [0.717, 1.165) is 16.0 Å². The van der Waals surface area contributed by atoms with Crippen molar-refractivity contribution in [2.75, 3.05) is 21.1 Å². The topological polar surface area (TPSA) is 12.9 Å². The van der Waals surface area contributed by atoms with Crippen molar-refractivity contribution in [3.63, 3.8) is 0 Å². The Hall–Kier alpha value is -0.890. The van der Waals surface area contributed by atoms with Crippen molar-refractivity contribution in [2.24, 2.45) is 0 Å². The SMILES string of the molecule is Cc1cccc([N+](C)(C)C)n1. The minimum Gasteiger partial charge on any atom is -0.282 e. The normalized spacial score (nSPS) is 11.6. The van der Waals surface area contributed by atoms with E-state index in [1.54, 1.807) is 0 Å². The van der Waals surface area contributed by atoms with Crippen molar-refractivity contribution in [2.45, 2.75) is 6.92 Å². The first kappa shape index (κ1) is 8.21. The Morgan fingerprint density at radius 2 is 1.82 bits per heavy atom. The highest BCUT2D eigenvalue weighted by Crippen LogP contribution is 2.12. The first-order chi connectivity index (χ1) is 5.00. The third-order valence-corrected chi connectivity index (χ3v) is 1.56. The van der Waals surface area contributed by atoms with E-state index in [9.17, 15) is 0 Å². The number of aromatic nitrogens is 1. The maximum absolute atomic E-state index is 4.42. The third-order valence-electron chi connectivity index (χ3n) is 1.56. The molecule has 1 aromatic heterocycles. The van der Waals surface area contributed by atoms with Crippen LogP contribution in [0.15, 0.2) is 18.2 Å². The van der Waals surface area contributed by atoms with Crippen LogP contribution in [-0.4, -0.2) is 26.1 Å². The smallest absolute Gasteiger partial charge is 0.227 e. The van der Waals surface area contributed by atoms with Crippen LogP contribution < -0.4 is 4.48 Å². The van der Waals surface area contributed by atoms with Gasteiger partial charge in [-0.15, -0.1) is 0 Å². The molecule has 1 heterocycles. The second kappa shape index (κ2) is 2.62. The van der Waals surface area contributed by atoms with Crippen LogP contribution in [0, 0.1) is 6.92 Å². The quantitative estimate of drug-likeness (QED) is 0.555. The summed E-state index contributed by atoms with van der Waals surface area (Å²) in [5.41, 5.74) is 1.08. The molecule has 1 aromatic rings. The summed E-state index contributed by atoms with van der Waals surface area (Å²) in [4.78, 5) is 4.42. The fourth-order valence-corrected chi connectivity index (χ4v) is 0.902. The largest absolute Gasteiger partial charge is 0.282 e. The van der Waals surface area contributed by atoms with Crippen LogP contribution in [0.1, 0.15) is 5.69 Å². The van der Waals surface area contributed by atoms with Crippen molar-refractivity contribution in [1.82, 2.24) is 9.47 Å². The zero-order valence-electron chi connectivity index (χ0n) is 7.63. The zero-order chi connectivity index (χ0) is 8.48. The number of pyridine rings is 1. The molecule has 0 saturated heterocycles. The Balaban J connectivity index is 3.06. The minimum absolute atomic E-state index is 0.779. The standard InChI is InChI=1S/C9H15N2/c1-8-6-5-7-9(10-8)11(2,3)4/h5-7H,1-4H3/q+1. The van der Waals surface area contributed by atoms with Crippen molar-refractivity contribution in [3.8, 4) is 0 Å². The van der Waals surface area contributed by atoms with Crippen LogP contribution in [0.25, 0.3) is 0 Å². The van der Waals surface area contributed by atoms with E-state index in [1.165, 1.54) is 0 Å².